The van der Waals surface area contributed by atoms with Gasteiger partial charge in [-0.2, -0.15) is 0 Å². The molecule has 23 heavy (non-hydrogen) atoms. The minimum atomic E-state index is -0.426. The van der Waals surface area contributed by atoms with Gasteiger partial charge in [-0.15, -0.1) is 11.3 Å². The van der Waals surface area contributed by atoms with Crippen molar-refractivity contribution in [1.29, 1.82) is 0 Å². The Morgan fingerprint density at radius 1 is 1.43 bits per heavy atom. The van der Waals surface area contributed by atoms with Crippen molar-refractivity contribution in [3.63, 3.8) is 0 Å². The lowest BCUT2D eigenvalue weighted by Crippen LogP contribution is -2.49. The highest BCUT2D eigenvalue weighted by atomic mass is 32.1. The number of aliphatic hydroxyl groups is 1. The van der Waals surface area contributed by atoms with E-state index in [2.05, 4.69) is 20.2 Å². The Morgan fingerprint density at radius 2 is 2.26 bits per heavy atom. The Labute approximate surface area is 142 Å². The second kappa shape index (κ2) is 8.39. The zero-order valence-corrected chi connectivity index (χ0v) is 14.6. The Morgan fingerprint density at radius 3 is 2.91 bits per heavy atom. The molecular formula is C16H27N3O3S. The number of thiazole rings is 1. The van der Waals surface area contributed by atoms with E-state index in [1.165, 1.54) is 0 Å². The topological polar surface area (TPSA) is 58.1 Å². The molecule has 0 radical (unpaired) electrons. The summed E-state index contributed by atoms with van der Waals surface area (Å²) >= 11 is 1.71. The van der Waals surface area contributed by atoms with Crippen LogP contribution in [0.1, 0.15) is 18.5 Å². The highest BCUT2D eigenvalue weighted by Gasteiger charge is 2.21. The average Bonchev–Trinajstić information content (AvgIpc) is 3.20. The molecule has 0 saturated carbocycles. The first-order valence-corrected chi connectivity index (χ1v) is 9.35. The Hall–Kier alpha value is -0.730. The number of hydrogen-bond acceptors (Lipinski definition) is 7. The summed E-state index contributed by atoms with van der Waals surface area (Å²) in [6.45, 7) is 8.41. The van der Waals surface area contributed by atoms with Crippen LogP contribution in [0.4, 0.5) is 5.13 Å². The van der Waals surface area contributed by atoms with Crippen LogP contribution in [0.3, 0.4) is 0 Å². The first kappa shape index (κ1) is 17.1. The van der Waals surface area contributed by atoms with E-state index in [-0.39, 0.29) is 6.10 Å². The molecule has 0 aliphatic carbocycles. The van der Waals surface area contributed by atoms with Crippen molar-refractivity contribution in [3.05, 3.63) is 11.1 Å². The number of nitrogens with zero attached hydrogens (tertiary/aromatic N) is 3. The number of aromatic nitrogens is 1. The van der Waals surface area contributed by atoms with Crippen LogP contribution in [-0.4, -0.2) is 79.7 Å². The number of ether oxygens (including phenoxy) is 2. The first-order valence-electron chi connectivity index (χ1n) is 8.47. The quantitative estimate of drug-likeness (QED) is 0.802. The highest BCUT2D eigenvalue weighted by molar-refractivity contribution is 7.13. The summed E-state index contributed by atoms with van der Waals surface area (Å²) in [6.07, 6.45) is 2.01. The van der Waals surface area contributed by atoms with Crippen LogP contribution < -0.4 is 4.90 Å². The number of aliphatic hydroxyl groups excluding tert-OH is 1. The van der Waals surface area contributed by atoms with Crippen LogP contribution in [0.5, 0.6) is 0 Å². The molecular weight excluding hydrogens is 314 g/mol. The van der Waals surface area contributed by atoms with Gasteiger partial charge in [0.25, 0.3) is 0 Å². The van der Waals surface area contributed by atoms with E-state index in [1.54, 1.807) is 11.3 Å². The zero-order chi connectivity index (χ0) is 16.1. The molecule has 2 aliphatic heterocycles. The van der Waals surface area contributed by atoms with Crippen LogP contribution in [0.2, 0.25) is 0 Å². The number of anilines is 1. The lowest BCUT2D eigenvalue weighted by Gasteiger charge is -2.35. The molecule has 1 N–H and O–H groups in total. The fourth-order valence-electron chi connectivity index (χ4n) is 3.07. The van der Waals surface area contributed by atoms with Crippen molar-refractivity contribution in [3.8, 4) is 0 Å². The third kappa shape index (κ3) is 5.12. The van der Waals surface area contributed by atoms with E-state index < -0.39 is 6.10 Å². The van der Waals surface area contributed by atoms with Crippen molar-refractivity contribution >= 4 is 16.5 Å². The normalized spacial score (nSPS) is 24.3. The van der Waals surface area contributed by atoms with Crippen LogP contribution in [0.25, 0.3) is 0 Å². The molecule has 0 aromatic carbocycles. The van der Waals surface area contributed by atoms with E-state index in [1.807, 2.05) is 6.92 Å². The lowest BCUT2D eigenvalue weighted by atomic mass is 10.2. The molecule has 3 rings (SSSR count). The van der Waals surface area contributed by atoms with Gasteiger partial charge in [-0.25, -0.2) is 4.98 Å². The van der Waals surface area contributed by atoms with Gasteiger partial charge in [0.05, 0.1) is 31.1 Å². The van der Waals surface area contributed by atoms with Gasteiger partial charge in [-0.05, 0) is 19.8 Å². The monoisotopic (exact) mass is 341 g/mol. The van der Waals surface area contributed by atoms with Gasteiger partial charge in [0, 0.05) is 44.7 Å². The Kier molecular flexibility index (Phi) is 6.24. The molecule has 0 bridgehead atoms. The zero-order valence-electron chi connectivity index (χ0n) is 13.8. The van der Waals surface area contributed by atoms with Crippen molar-refractivity contribution in [2.75, 3.05) is 57.4 Å². The lowest BCUT2D eigenvalue weighted by molar-refractivity contribution is -0.0254. The third-order valence-corrected chi connectivity index (χ3v) is 5.38. The second-order valence-electron chi connectivity index (χ2n) is 6.39. The van der Waals surface area contributed by atoms with Crippen LogP contribution >= 0.6 is 11.3 Å². The minimum absolute atomic E-state index is 0.229. The Bertz CT molecular complexity index is 471. The van der Waals surface area contributed by atoms with Gasteiger partial charge >= 0.3 is 0 Å². The van der Waals surface area contributed by atoms with Gasteiger partial charge in [-0.1, -0.05) is 0 Å². The van der Waals surface area contributed by atoms with E-state index in [0.29, 0.717) is 19.8 Å². The van der Waals surface area contributed by atoms with Gasteiger partial charge in [0.2, 0.25) is 0 Å². The van der Waals surface area contributed by atoms with Crippen molar-refractivity contribution in [1.82, 2.24) is 9.88 Å². The number of aryl methyl sites for hydroxylation is 1. The van der Waals surface area contributed by atoms with Crippen molar-refractivity contribution < 1.29 is 14.6 Å². The summed E-state index contributed by atoms with van der Waals surface area (Å²) in [4.78, 5) is 9.17. The molecule has 1 aromatic heterocycles. The van der Waals surface area contributed by atoms with Crippen LogP contribution in [0.15, 0.2) is 5.38 Å². The molecule has 0 amide bonds. The molecule has 0 spiro atoms. The number of rotatable bonds is 7. The molecule has 130 valence electrons. The average molecular weight is 341 g/mol. The molecule has 2 fully saturated rings. The maximum Gasteiger partial charge on any atom is 0.185 e. The first-order chi connectivity index (χ1) is 11.2. The molecule has 3 heterocycles. The predicted octanol–water partition coefficient (Wildman–Crippen LogP) is 1.13. The van der Waals surface area contributed by atoms with Gasteiger partial charge in [0.1, 0.15) is 0 Å². The minimum Gasteiger partial charge on any atom is -0.389 e. The Balaban J connectivity index is 1.31. The van der Waals surface area contributed by atoms with Gasteiger partial charge in [0.15, 0.2) is 5.13 Å². The summed E-state index contributed by atoms with van der Waals surface area (Å²) in [6, 6.07) is 0. The summed E-state index contributed by atoms with van der Waals surface area (Å²) in [7, 11) is 0. The molecule has 6 nitrogen and oxygen atoms in total. The molecule has 1 aromatic rings. The summed E-state index contributed by atoms with van der Waals surface area (Å²) in [5.74, 6) is 0. The van der Waals surface area contributed by atoms with Gasteiger partial charge in [-0.3, -0.25) is 4.90 Å². The van der Waals surface area contributed by atoms with Crippen molar-refractivity contribution in [2.45, 2.75) is 32.0 Å². The van der Waals surface area contributed by atoms with E-state index in [9.17, 15) is 5.11 Å². The second-order valence-corrected chi connectivity index (χ2v) is 7.22. The highest BCUT2D eigenvalue weighted by Crippen LogP contribution is 2.21. The van der Waals surface area contributed by atoms with E-state index in [4.69, 9.17) is 9.47 Å². The smallest absolute Gasteiger partial charge is 0.185 e. The molecule has 7 heteroatoms. The molecule has 2 atom stereocenters. The largest absolute Gasteiger partial charge is 0.389 e. The summed E-state index contributed by atoms with van der Waals surface area (Å²) in [5, 5.41) is 13.3. The fourth-order valence-corrected chi connectivity index (χ4v) is 3.93. The number of hydrogen-bond donors (Lipinski definition) is 1. The predicted molar refractivity (Wildman–Crippen MR) is 91.3 cm³/mol. The standard InChI is InChI=1S/C16H27N3O3S/c1-13-12-23-16(17-13)19-6-4-18(5-7-19)9-14(20)10-21-11-15-3-2-8-22-15/h12,14-15,20H,2-11H2,1H3/t14-,15+/m0/s1. The number of β-amino-alcohol motifs (C(OH)–C–C–N with tert-alkyl or cyclic N) is 1. The van der Waals surface area contributed by atoms with E-state index in [0.717, 1.165) is 56.5 Å². The maximum atomic E-state index is 10.1. The molecule has 2 aliphatic rings. The summed E-state index contributed by atoms with van der Waals surface area (Å²) < 4.78 is 11.1. The van der Waals surface area contributed by atoms with E-state index >= 15 is 0 Å². The van der Waals surface area contributed by atoms with Gasteiger partial charge < -0.3 is 19.5 Å². The van der Waals surface area contributed by atoms with Crippen LogP contribution in [-0.2, 0) is 9.47 Å². The maximum absolute atomic E-state index is 10.1. The SMILES string of the molecule is Cc1csc(N2CCN(C[C@H](O)COC[C@H]3CCCO3)CC2)n1. The summed E-state index contributed by atoms with van der Waals surface area (Å²) in [5.41, 5.74) is 1.09. The fraction of sp³-hybridized carbons (Fsp3) is 0.812. The molecule has 0 unspecified atom stereocenters. The number of piperazine rings is 1. The molecule has 2 saturated heterocycles. The third-order valence-electron chi connectivity index (χ3n) is 4.36. The van der Waals surface area contributed by atoms with Crippen molar-refractivity contribution in [2.24, 2.45) is 0 Å². The van der Waals surface area contributed by atoms with Crippen LogP contribution in [0, 0.1) is 6.92 Å².